The van der Waals surface area contributed by atoms with Gasteiger partial charge in [-0.25, -0.2) is 0 Å². The molecule has 7 atom stereocenters. The van der Waals surface area contributed by atoms with Gasteiger partial charge in [0.25, 0.3) is 0 Å². The van der Waals surface area contributed by atoms with E-state index in [4.69, 9.17) is 14.2 Å². The molecule has 5 aliphatic rings. The maximum absolute atomic E-state index is 13.7. The lowest BCUT2D eigenvalue weighted by Gasteiger charge is -2.60. The van der Waals surface area contributed by atoms with Gasteiger partial charge in [0.15, 0.2) is 23.1 Å². The number of hydrogen-bond acceptors (Lipinski definition) is 11. The van der Waals surface area contributed by atoms with Gasteiger partial charge in [-0.3, -0.25) is 33.8 Å². The molecule has 204 valence electrons. The molecule has 1 fully saturated rings. The standard InChI is InChI=1S/C27H32N2O9/c1-10-21(31)13-7-15-20-19-14(22(32)11(2)26(37-6)24(19)34)8-16(28(20)4)27(35)29(15)17(9-38-12(3)30)18(13)23(33)25(10)36-5/h11,15-17,20,26-27,35H,7-9H2,1-6H3/t11?,15-,16-,17-,20-,26?,27-/m0/s1. The van der Waals surface area contributed by atoms with Crippen LogP contribution in [0.15, 0.2) is 33.6 Å². The summed E-state index contributed by atoms with van der Waals surface area (Å²) in [4.78, 5) is 69.5. The minimum absolute atomic E-state index is 0.0506. The summed E-state index contributed by atoms with van der Waals surface area (Å²) in [5, 5.41) is 11.7. The molecule has 0 aromatic carbocycles. The Kier molecular flexibility index (Phi) is 6.54. The first-order valence-electron chi connectivity index (χ1n) is 12.7. The van der Waals surface area contributed by atoms with Crippen molar-refractivity contribution in [1.29, 1.82) is 0 Å². The van der Waals surface area contributed by atoms with E-state index >= 15 is 0 Å². The fraction of sp³-hybridized carbons (Fsp3) is 0.593. The molecule has 38 heavy (non-hydrogen) atoms. The van der Waals surface area contributed by atoms with Gasteiger partial charge in [0.2, 0.25) is 5.78 Å². The summed E-state index contributed by atoms with van der Waals surface area (Å²) in [6, 6.07) is -2.84. The maximum atomic E-state index is 13.7. The highest BCUT2D eigenvalue weighted by Gasteiger charge is 2.60. The molecule has 3 heterocycles. The van der Waals surface area contributed by atoms with Gasteiger partial charge in [0.1, 0.15) is 18.9 Å². The number of methoxy groups -OCH3 is 2. The van der Waals surface area contributed by atoms with E-state index in [9.17, 15) is 29.1 Å². The Hall–Kier alpha value is -2.99. The summed E-state index contributed by atoms with van der Waals surface area (Å²) < 4.78 is 16.0. The number of likely N-dealkylation sites (N-methyl/N-ethyl adjacent to an activating group) is 1. The normalized spacial score (nSPS) is 35.8. The van der Waals surface area contributed by atoms with Crippen LogP contribution in [0.3, 0.4) is 0 Å². The monoisotopic (exact) mass is 528 g/mol. The van der Waals surface area contributed by atoms with Crippen LogP contribution in [0.4, 0.5) is 0 Å². The molecule has 0 radical (unpaired) electrons. The average Bonchev–Trinajstić information content (AvgIpc) is 2.87. The number of nitrogens with zero attached hydrogens (tertiary/aromatic N) is 2. The molecule has 0 aromatic heterocycles. The summed E-state index contributed by atoms with van der Waals surface area (Å²) in [5.74, 6) is -2.67. The van der Waals surface area contributed by atoms with Crippen molar-refractivity contribution in [2.75, 3.05) is 27.9 Å². The summed E-state index contributed by atoms with van der Waals surface area (Å²) in [6.07, 6.45) is -1.92. The molecule has 0 spiro atoms. The highest BCUT2D eigenvalue weighted by atomic mass is 16.5. The van der Waals surface area contributed by atoms with E-state index in [1.165, 1.54) is 28.1 Å². The largest absolute Gasteiger partial charge is 0.492 e. The number of ketones is 4. The Morgan fingerprint density at radius 2 is 1.66 bits per heavy atom. The third-order valence-electron chi connectivity index (χ3n) is 8.82. The van der Waals surface area contributed by atoms with E-state index < -0.39 is 54.2 Å². The molecule has 0 saturated carbocycles. The minimum atomic E-state index is -1.18. The number of carbonyl (C=O) groups is 5. The van der Waals surface area contributed by atoms with Gasteiger partial charge in [0.05, 0.1) is 31.2 Å². The van der Waals surface area contributed by atoms with Crippen molar-refractivity contribution in [3.8, 4) is 0 Å². The Morgan fingerprint density at radius 1 is 1.00 bits per heavy atom. The van der Waals surface area contributed by atoms with E-state index in [1.807, 2.05) is 4.90 Å². The van der Waals surface area contributed by atoms with Gasteiger partial charge < -0.3 is 19.3 Å². The summed E-state index contributed by atoms with van der Waals surface area (Å²) in [5.41, 5.74) is 1.25. The van der Waals surface area contributed by atoms with Crippen LogP contribution in [0.2, 0.25) is 0 Å². The van der Waals surface area contributed by atoms with Crippen LogP contribution in [0.5, 0.6) is 0 Å². The topological polar surface area (TPSA) is 140 Å². The molecule has 3 aliphatic heterocycles. The molecule has 0 amide bonds. The molecule has 2 unspecified atom stereocenters. The van der Waals surface area contributed by atoms with Crippen molar-refractivity contribution in [2.24, 2.45) is 5.92 Å². The second kappa shape index (κ2) is 9.33. The van der Waals surface area contributed by atoms with Gasteiger partial charge in [-0.05, 0) is 26.8 Å². The van der Waals surface area contributed by atoms with Crippen LogP contribution in [0.25, 0.3) is 0 Å². The zero-order chi connectivity index (χ0) is 27.8. The number of carbonyl (C=O) groups excluding carboxylic acids is 5. The van der Waals surface area contributed by atoms with Gasteiger partial charge in [-0.1, -0.05) is 6.92 Å². The van der Waals surface area contributed by atoms with Crippen molar-refractivity contribution in [3.63, 3.8) is 0 Å². The third kappa shape index (κ3) is 3.52. The van der Waals surface area contributed by atoms with E-state index in [0.29, 0.717) is 11.1 Å². The molecule has 2 bridgehead atoms. The highest BCUT2D eigenvalue weighted by Crippen LogP contribution is 2.48. The number of Topliss-reactive ketones (excluding diaryl/α,β-unsaturated/α-hetero) is 4. The molecule has 2 aliphatic carbocycles. The lowest BCUT2D eigenvalue weighted by Crippen LogP contribution is -2.75. The lowest BCUT2D eigenvalue weighted by molar-refractivity contribution is -0.173. The predicted molar refractivity (Wildman–Crippen MR) is 130 cm³/mol. The first kappa shape index (κ1) is 26.6. The van der Waals surface area contributed by atoms with Crippen LogP contribution >= 0.6 is 0 Å². The number of hydrogen-bond donors (Lipinski definition) is 1. The second-order valence-corrected chi connectivity index (χ2v) is 10.6. The van der Waals surface area contributed by atoms with Crippen LogP contribution in [-0.2, 0) is 38.2 Å². The minimum Gasteiger partial charge on any atom is -0.492 e. The first-order chi connectivity index (χ1) is 18.0. The predicted octanol–water partition coefficient (Wildman–Crippen LogP) is -0.135. The van der Waals surface area contributed by atoms with Gasteiger partial charge in [-0.15, -0.1) is 0 Å². The summed E-state index contributed by atoms with van der Waals surface area (Å²) in [7, 11) is 4.49. The van der Waals surface area contributed by atoms with Crippen molar-refractivity contribution in [1.82, 2.24) is 9.80 Å². The molecule has 1 N–H and O–H groups in total. The molecule has 5 rings (SSSR count). The average molecular weight is 529 g/mol. The fourth-order valence-corrected chi connectivity index (χ4v) is 7.06. The number of piperazine rings is 1. The van der Waals surface area contributed by atoms with Crippen molar-refractivity contribution < 1.29 is 43.3 Å². The molecular formula is C27H32N2O9. The Labute approximate surface area is 220 Å². The van der Waals surface area contributed by atoms with E-state index in [2.05, 4.69) is 0 Å². The SMILES string of the molecule is COC1=C(C)C(=O)C2=C(C1=O)[C@H](COC(C)=O)N1[C@@H](O)[C@@H]3CC4=C(C(=O)C(OC)C(C)C4=O)[C@H]([C@@H]1C2)N3C. The maximum Gasteiger partial charge on any atom is 0.302 e. The van der Waals surface area contributed by atoms with Crippen LogP contribution in [0, 0.1) is 5.92 Å². The molecule has 11 heteroatoms. The van der Waals surface area contributed by atoms with Crippen molar-refractivity contribution >= 4 is 29.1 Å². The number of rotatable bonds is 4. The van der Waals surface area contributed by atoms with Crippen LogP contribution < -0.4 is 0 Å². The van der Waals surface area contributed by atoms with E-state index in [1.54, 1.807) is 18.9 Å². The van der Waals surface area contributed by atoms with Crippen molar-refractivity contribution in [3.05, 3.63) is 33.6 Å². The molecule has 1 saturated heterocycles. The number of allylic oxidation sites excluding steroid dienone is 2. The Morgan fingerprint density at radius 3 is 2.26 bits per heavy atom. The lowest BCUT2D eigenvalue weighted by atomic mass is 9.66. The quantitative estimate of drug-likeness (QED) is 0.385. The number of ether oxygens (including phenoxy) is 3. The number of fused-ring (bicyclic) bond motifs is 5. The van der Waals surface area contributed by atoms with Gasteiger partial charge in [0, 0.05) is 47.9 Å². The van der Waals surface area contributed by atoms with E-state index in [0.717, 1.165) is 0 Å². The zero-order valence-electron chi connectivity index (χ0n) is 22.3. The number of aliphatic hydroxyl groups is 1. The molecule has 11 nitrogen and oxygen atoms in total. The zero-order valence-corrected chi connectivity index (χ0v) is 22.3. The number of aliphatic hydroxyl groups excluding tert-OH is 1. The molecule has 0 aromatic rings. The first-order valence-corrected chi connectivity index (χ1v) is 12.7. The van der Waals surface area contributed by atoms with E-state index in [-0.39, 0.29) is 59.3 Å². The number of esters is 1. The Bertz CT molecular complexity index is 1260. The third-order valence-corrected chi connectivity index (χ3v) is 8.82. The van der Waals surface area contributed by atoms with Crippen LogP contribution in [-0.4, -0.2) is 108 Å². The van der Waals surface area contributed by atoms with Gasteiger partial charge >= 0.3 is 5.97 Å². The smallest absolute Gasteiger partial charge is 0.302 e. The highest BCUT2D eigenvalue weighted by molar-refractivity contribution is 6.25. The van der Waals surface area contributed by atoms with Gasteiger partial charge in [-0.2, -0.15) is 0 Å². The van der Waals surface area contributed by atoms with Crippen molar-refractivity contribution in [2.45, 2.75) is 70.1 Å². The summed E-state index contributed by atoms with van der Waals surface area (Å²) >= 11 is 0. The Balaban J connectivity index is 1.69. The molecular weight excluding hydrogens is 496 g/mol. The fourth-order valence-electron chi connectivity index (χ4n) is 7.06. The summed E-state index contributed by atoms with van der Waals surface area (Å²) in [6.45, 7) is 4.13. The second-order valence-electron chi connectivity index (χ2n) is 10.6. The van der Waals surface area contributed by atoms with Crippen LogP contribution in [0.1, 0.15) is 33.6 Å².